The van der Waals surface area contributed by atoms with Crippen LogP contribution in [-0.2, 0) is 0 Å². The molecule has 3 nitrogen and oxygen atoms in total. The second kappa shape index (κ2) is 6.70. The van der Waals surface area contributed by atoms with Crippen LogP contribution in [0.3, 0.4) is 0 Å². The molecule has 3 atom stereocenters. The molecule has 0 spiro atoms. The van der Waals surface area contributed by atoms with E-state index in [-0.39, 0.29) is 12.1 Å². The second-order valence-electron chi connectivity index (χ2n) is 5.37. The Hall–Kier alpha value is -1.36. The van der Waals surface area contributed by atoms with Gasteiger partial charge in [0.15, 0.2) is 6.07 Å². The highest BCUT2D eigenvalue weighted by molar-refractivity contribution is 5.19. The van der Waals surface area contributed by atoms with Gasteiger partial charge in [-0.15, -0.1) is 6.58 Å². The molecule has 2 fully saturated rings. The Kier molecular flexibility index (Phi) is 4.96. The summed E-state index contributed by atoms with van der Waals surface area (Å²) in [7, 11) is 0. The quantitative estimate of drug-likeness (QED) is 0.586. The maximum Gasteiger partial charge on any atom is 0.152 e. The Labute approximate surface area is 114 Å². The molecule has 2 rings (SSSR count). The molecule has 2 aliphatic rings. The SMILES string of the molecule is C=CC1CNC(C2CCC(C#CC#N)C(F)C2)NC1. The van der Waals surface area contributed by atoms with Crippen molar-refractivity contribution in [3.05, 3.63) is 12.7 Å². The van der Waals surface area contributed by atoms with Crippen LogP contribution < -0.4 is 10.6 Å². The number of nitrogens with zero attached hydrogens (tertiary/aromatic N) is 1. The third kappa shape index (κ3) is 3.56. The van der Waals surface area contributed by atoms with Gasteiger partial charge in [-0.05, 0) is 25.2 Å². The van der Waals surface area contributed by atoms with Crippen LogP contribution in [0.25, 0.3) is 0 Å². The lowest BCUT2D eigenvalue weighted by Gasteiger charge is -2.39. The van der Waals surface area contributed by atoms with E-state index in [4.69, 9.17) is 5.26 Å². The van der Waals surface area contributed by atoms with Gasteiger partial charge in [-0.25, -0.2) is 4.39 Å². The van der Waals surface area contributed by atoms with Crippen LogP contribution >= 0.6 is 0 Å². The van der Waals surface area contributed by atoms with Crippen molar-refractivity contribution in [1.29, 1.82) is 5.26 Å². The highest BCUT2D eigenvalue weighted by atomic mass is 19.1. The molecular formula is C15H20FN3. The first-order valence-corrected chi connectivity index (χ1v) is 6.87. The molecule has 3 unspecified atom stereocenters. The molecule has 1 saturated heterocycles. The summed E-state index contributed by atoms with van der Waals surface area (Å²) >= 11 is 0. The summed E-state index contributed by atoms with van der Waals surface area (Å²) in [5.74, 6) is 5.55. The largest absolute Gasteiger partial charge is 0.301 e. The third-order valence-corrected chi connectivity index (χ3v) is 4.13. The molecule has 0 radical (unpaired) electrons. The first kappa shape index (κ1) is 14.1. The standard InChI is InChI=1S/C15H20FN3/c1-2-11-9-18-15(19-10-11)13-6-5-12(4-3-7-17)14(16)8-13/h2,11-15,18-19H,1,5-6,8-10H2. The summed E-state index contributed by atoms with van der Waals surface area (Å²) in [5, 5.41) is 15.3. The number of halogens is 1. The highest BCUT2D eigenvalue weighted by Crippen LogP contribution is 2.32. The van der Waals surface area contributed by atoms with Crippen LogP contribution in [0, 0.1) is 40.9 Å². The summed E-state index contributed by atoms with van der Waals surface area (Å²) in [6.45, 7) is 5.61. The number of hydrogen-bond acceptors (Lipinski definition) is 3. The molecule has 0 aromatic rings. The molecule has 1 heterocycles. The average molecular weight is 261 g/mol. The molecule has 0 aromatic carbocycles. The Bertz CT molecular complexity index is 409. The summed E-state index contributed by atoms with van der Waals surface area (Å²) < 4.78 is 14.0. The molecule has 1 aliphatic heterocycles. The van der Waals surface area contributed by atoms with Crippen LogP contribution in [0.15, 0.2) is 12.7 Å². The molecule has 4 heteroatoms. The van der Waals surface area contributed by atoms with Crippen LogP contribution in [0.1, 0.15) is 19.3 Å². The number of nitrogens with one attached hydrogen (secondary N) is 2. The topological polar surface area (TPSA) is 47.9 Å². The van der Waals surface area contributed by atoms with Gasteiger partial charge in [0.1, 0.15) is 6.17 Å². The normalized spacial score (nSPS) is 38.6. The van der Waals surface area contributed by atoms with Crippen LogP contribution in [0.5, 0.6) is 0 Å². The van der Waals surface area contributed by atoms with Crippen molar-refractivity contribution in [3.8, 4) is 17.9 Å². The van der Waals surface area contributed by atoms with E-state index in [1.54, 1.807) is 6.07 Å². The maximum absolute atomic E-state index is 14.0. The van der Waals surface area contributed by atoms with Gasteiger partial charge in [0.2, 0.25) is 0 Å². The van der Waals surface area contributed by atoms with Crippen molar-refractivity contribution < 1.29 is 4.39 Å². The van der Waals surface area contributed by atoms with Crippen molar-refractivity contribution in [2.45, 2.75) is 31.6 Å². The minimum Gasteiger partial charge on any atom is -0.301 e. The van der Waals surface area contributed by atoms with Gasteiger partial charge in [0.25, 0.3) is 0 Å². The van der Waals surface area contributed by atoms with E-state index in [2.05, 4.69) is 29.1 Å². The zero-order valence-electron chi connectivity index (χ0n) is 11.0. The van der Waals surface area contributed by atoms with E-state index in [0.29, 0.717) is 18.3 Å². The van der Waals surface area contributed by atoms with E-state index in [0.717, 1.165) is 25.9 Å². The molecular weight excluding hydrogens is 241 g/mol. The maximum atomic E-state index is 14.0. The van der Waals surface area contributed by atoms with Gasteiger partial charge in [0.05, 0.1) is 12.1 Å². The van der Waals surface area contributed by atoms with E-state index in [1.807, 2.05) is 6.08 Å². The van der Waals surface area contributed by atoms with Crippen LogP contribution in [0.4, 0.5) is 4.39 Å². The van der Waals surface area contributed by atoms with Crippen molar-refractivity contribution in [2.24, 2.45) is 17.8 Å². The zero-order valence-corrected chi connectivity index (χ0v) is 11.0. The molecule has 19 heavy (non-hydrogen) atoms. The lowest BCUT2D eigenvalue weighted by molar-refractivity contribution is 0.113. The fourth-order valence-corrected chi connectivity index (χ4v) is 2.94. The lowest BCUT2D eigenvalue weighted by atomic mass is 9.79. The van der Waals surface area contributed by atoms with Crippen molar-refractivity contribution in [2.75, 3.05) is 13.1 Å². The Morgan fingerprint density at radius 3 is 2.58 bits per heavy atom. The van der Waals surface area contributed by atoms with Gasteiger partial charge >= 0.3 is 0 Å². The van der Waals surface area contributed by atoms with Gasteiger partial charge in [-0.1, -0.05) is 12.0 Å². The Morgan fingerprint density at radius 1 is 1.26 bits per heavy atom. The summed E-state index contributed by atoms with van der Waals surface area (Å²) in [6.07, 6.45) is 3.44. The molecule has 0 bridgehead atoms. The predicted molar refractivity (Wildman–Crippen MR) is 72.6 cm³/mol. The van der Waals surface area contributed by atoms with E-state index in [1.165, 1.54) is 0 Å². The smallest absolute Gasteiger partial charge is 0.152 e. The van der Waals surface area contributed by atoms with E-state index < -0.39 is 6.17 Å². The monoisotopic (exact) mass is 261 g/mol. The molecule has 1 saturated carbocycles. The molecule has 0 aromatic heterocycles. The summed E-state index contributed by atoms with van der Waals surface area (Å²) in [5.41, 5.74) is 0. The minimum absolute atomic E-state index is 0.194. The number of nitriles is 1. The second-order valence-corrected chi connectivity index (χ2v) is 5.37. The molecule has 1 aliphatic carbocycles. The summed E-state index contributed by atoms with van der Waals surface area (Å²) in [6, 6.07) is 1.76. The van der Waals surface area contributed by atoms with Crippen molar-refractivity contribution in [1.82, 2.24) is 10.6 Å². The minimum atomic E-state index is -0.916. The van der Waals surface area contributed by atoms with Gasteiger partial charge in [-0.2, -0.15) is 5.26 Å². The Morgan fingerprint density at radius 2 is 2.00 bits per heavy atom. The zero-order chi connectivity index (χ0) is 13.7. The fraction of sp³-hybridized carbons (Fsp3) is 0.667. The first-order valence-electron chi connectivity index (χ1n) is 6.87. The first-order chi connectivity index (χ1) is 9.24. The fourth-order valence-electron chi connectivity index (χ4n) is 2.94. The van der Waals surface area contributed by atoms with Gasteiger partial charge < -0.3 is 10.6 Å². The molecule has 102 valence electrons. The predicted octanol–water partition coefficient (Wildman–Crippen LogP) is 1.59. The number of rotatable bonds is 2. The van der Waals surface area contributed by atoms with Crippen molar-refractivity contribution in [3.63, 3.8) is 0 Å². The summed E-state index contributed by atoms with van der Waals surface area (Å²) in [4.78, 5) is 0. The van der Waals surface area contributed by atoms with Gasteiger partial charge in [0, 0.05) is 24.9 Å². The Balaban J connectivity index is 1.85. The van der Waals surface area contributed by atoms with Crippen molar-refractivity contribution >= 4 is 0 Å². The van der Waals surface area contributed by atoms with E-state index >= 15 is 0 Å². The van der Waals surface area contributed by atoms with Crippen LogP contribution in [0.2, 0.25) is 0 Å². The highest BCUT2D eigenvalue weighted by Gasteiger charge is 2.34. The van der Waals surface area contributed by atoms with Gasteiger partial charge in [-0.3, -0.25) is 0 Å². The number of alkyl halides is 1. The molecule has 2 N–H and O–H groups in total. The lowest BCUT2D eigenvalue weighted by Crippen LogP contribution is -2.56. The molecule has 0 amide bonds. The van der Waals surface area contributed by atoms with Crippen LogP contribution in [-0.4, -0.2) is 25.4 Å². The third-order valence-electron chi connectivity index (χ3n) is 4.13. The average Bonchev–Trinajstić information content (AvgIpc) is 2.46. The number of hydrogen-bond donors (Lipinski definition) is 2. The van der Waals surface area contributed by atoms with E-state index in [9.17, 15) is 4.39 Å².